The number of imidazole rings is 1. The number of anilines is 1. The molecule has 0 aliphatic heterocycles. The second-order valence-electron chi connectivity index (χ2n) is 8.92. The molecule has 242 valence electrons. The molecule has 13 nitrogen and oxygen atoms in total. The van der Waals surface area contributed by atoms with Gasteiger partial charge in [-0.3, -0.25) is 4.79 Å². The van der Waals surface area contributed by atoms with Gasteiger partial charge in [0.1, 0.15) is 0 Å². The zero-order chi connectivity index (χ0) is 33.5. The number of H-pyrrole nitrogens is 1. The molecular formula is C28H35F3N4O9. The maximum atomic E-state index is 12.5. The zero-order valence-corrected chi connectivity index (χ0v) is 23.7. The lowest BCUT2D eigenvalue weighted by atomic mass is 10.1. The quantitative estimate of drug-likeness (QED) is 0.111. The number of halogens is 3. The van der Waals surface area contributed by atoms with E-state index in [1.165, 1.54) is 12.1 Å². The average Bonchev–Trinajstić information content (AvgIpc) is 3.45. The van der Waals surface area contributed by atoms with Crippen LogP contribution in [0.4, 0.5) is 18.9 Å². The summed E-state index contributed by atoms with van der Waals surface area (Å²) in [6.45, 7) is 3.03. The number of nitrogens with one attached hydrogen (secondary N) is 3. The number of benzene rings is 1. The second kappa shape index (κ2) is 21.7. The largest absolute Gasteiger partial charge is 0.478 e. The fourth-order valence-electron chi connectivity index (χ4n) is 3.14. The molecule has 16 heteroatoms. The number of carboxylic acid groups (broad SMARTS) is 4. The summed E-state index contributed by atoms with van der Waals surface area (Å²) in [6, 6.07) is 4.89. The highest BCUT2D eigenvalue weighted by atomic mass is 19.4. The molecule has 0 bridgehead atoms. The van der Waals surface area contributed by atoms with Crippen molar-refractivity contribution in [2.24, 2.45) is 0 Å². The van der Waals surface area contributed by atoms with Crippen molar-refractivity contribution in [3.63, 3.8) is 0 Å². The first-order valence-electron chi connectivity index (χ1n) is 13.1. The third-order valence-electron chi connectivity index (χ3n) is 5.22. The standard InChI is InChI=1S/C20H27F3N4O.2C4H4O4/c1-15(25-12-11-18-13-24-14-26-18)5-3-2-4-6-19(28)27-17-9-7-16(8-10-17)20(21,22)23;2*5-3(6)1-2-4(7)8/h7-10,13-15,25H,2-6,11-12H2,1H3,(H,24,26)(H,27,28);2*1-2H,(H,5,6)(H,7,8)/b;2*2-1-. The number of aromatic nitrogens is 2. The Hall–Kier alpha value is -4.99. The predicted octanol–water partition coefficient (Wildman–Crippen LogP) is 3.96. The van der Waals surface area contributed by atoms with E-state index < -0.39 is 35.6 Å². The minimum atomic E-state index is -4.37. The van der Waals surface area contributed by atoms with Crippen molar-refractivity contribution in [1.29, 1.82) is 0 Å². The van der Waals surface area contributed by atoms with Gasteiger partial charge in [0.05, 0.1) is 11.9 Å². The van der Waals surface area contributed by atoms with Crippen molar-refractivity contribution in [3.8, 4) is 0 Å². The SMILES string of the molecule is CC(CCCCCC(=O)Nc1ccc(C(F)(F)F)cc1)NCCc1cnc[nH]1.O=C(O)/C=C\C(=O)O.O=C(O)/C=C\C(=O)O. The summed E-state index contributed by atoms with van der Waals surface area (Å²) < 4.78 is 37.5. The maximum Gasteiger partial charge on any atom is 0.416 e. The van der Waals surface area contributed by atoms with Crippen molar-refractivity contribution < 1.29 is 57.6 Å². The van der Waals surface area contributed by atoms with E-state index in [1.54, 1.807) is 6.33 Å². The number of nitrogens with zero attached hydrogens (tertiary/aromatic N) is 1. The first-order valence-corrected chi connectivity index (χ1v) is 13.1. The number of aliphatic carboxylic acids is 4. The Bertz CT molecular complexity index is 1160. The van der Waals surface area contributed by atoms with E-state index in [2.05, 4.69) is 27.5 Å². The first kappa shape index (κ1) is 39.0. The number of hydrogen-bond acceptors (Lipinski definition) is 7. The molecule has 0 radical (unpaired) electrons. The molecule has 1 aromatic carbocycles. The van der Waals surface area contributed by atoms with E-state index in [9.17, 15) is 37.1 Å². The van der Waals surface area contributed by atoms with Gasteiger partial charge in [-0.1, -0.05) is 12.8 Å². The summed E-state index contributed by atoms with van der Waals surface area (Å²) in [5.41, 5.74) is 0.768. The predicted molar refractivity (Wildman–Crippen MR) is 152 cm³/mol. The molecule has 1 unspecified atom stereocenters. The summed E-state index contributed by atoms with van der Waals surface area (Å²) in [4.78, 5) is 57.2. The summed E-state index contributed by atoms with van der Waals surface area (Å²) in [7, 11) is 0. The van der Waals surface area contributed by atoms with Crippen molar-refractivity contribution in [1.82, 2.24) is 15.3 Å². The molecule has 0 saturated heterocycles. The van der Waals surface area contributed by atoms with Crippen molar-refractivity contribution in [2.45, 2.75) is 57.7 Å². The highest BCUT2D eigenvalue weighted by Crippen LogP contribution is 2.29. The van der Waals surface area contributed by atoms with Gasteiger partial charge < -0.3 is 36.0 Å². The lowest BCUT2D eigenvalue weighted by molar-refractivity contribution is -0.137. The highest BCUT2D eigenvalue weighted by molar-refractivity contribution is 5.91. The van der Waals surface area contributed by atoms with Gasteiger partial charge in [-0.15, -0.1) is 0 Å². The van der Waals surface area contributed by atoms with E-state index in [4.69, 9.17) is 20.4 Å². The van der Waals surface area contributed by atoms with Crippen LogP contribution in [0.5, 0.6) is 0 Å². The van der Waals surface area contributed by atoms with Gasteiger partial charge in [-0.2, -0.15) is 13.2 Å². The van der Waals surface area contributed by atoms with Gasteiger partial charge in [0.2, 0.25) is 5.91 Å². The number of aromatic amines is 1. The number of alkyl halides is 3. The summed E-state index contributed by atoms with van der Waals surface area (Å²) in [5, 5.41) is 37.3. The molecule has 1 heterocycles. The molecule has 1 aromatic heterocycles. The zero-order valence-electron chi connectivity index (χ0n) is 23.7. The van der Waals surface area contributed by atoms with Crippen molar-refractivity contribution in [3.05, 3.63) is 72.4 Å². The molecule has 2 aromatic rings. The van der Waals surface area contributed by atoms with E-state index in [0.717, 1.165) is 56.5 Å². The number of unbranched alkanes of at least 4 members (excludes halogenated alkanes) is 2. The van der Waals surface area contributed by atoms with Gasteiger partial charge in [-0.05, 0) is 44.0 Å². The topological polar surface area (TPSA) is 219 Å². The molecule has 0 aliphatic rings. The molecule has 0 saturated carbocycles. The Morgan fingerprint density at radius 1 is 0.864 bits per heavy atom. The normalized spacial score (nSPS) is 11.5. The third kappa shape index (κ3) is 22.7. The van der Waals surface area contributed by atoms with E-state index in [-0.39, 0.29) is 5.91 Å². The van der Waals surface area contributed by atoms with Crippen LogP contribution in [0, 0.1) is 0 Å². The molecule has 0 aliphatic carbocycles. The van der Waals surface area contributed by atoms with Gasteiger partial charge in [0.25, 0.3) is 0 Å². The fraction of sp³-hybridized carbons (Fsp3) is 0.357. The molecular weight excluding hydrogens is 593 g/mol. The lowest BCUT2D eigenvalue weighted by Gasteiger charge is -2.13. The van der Waals surface area contributed by atoms with Crippen LogP contribution in [0.3, 0.4) is 0 Å². The molecule has 1 atom stereocenters. The van der Waals surface area contributed by atoms with Crippen molar-refractivity contribution >= 4 is 35.5 Å². The summed E-state index contributed by atoms with van der Waals surface area (Å²) in [6.07, 6.45) is 6.38. The van der Waals surface area contributed by atoms with E-state index in [1.807, 2.05) is 6.20 Å². The molecule has 1 amide bonds. The average molecular weight is 629 g/mol. The van der Waals surface area contributed by atoms with E-state index in [0.29, 0.717) is 42.5 Å². The fourth-order valence-corrected chi connectivity index (χ4v) is 3.14. The van der Waals surface area contributed by atoms with Crippen LogP contribution in [-0.4, -0.2) is 72.8 Å². The van der Waals surface area contributed by atoms with Crippen LogP contribution in [0.2, 0.25) is 0 Å². The second-order valence-corrected chi connectivity index (χ2v) is 8.92. The maximum absolute atomic E-state index is 12.5. The number of hydrogen-bond donors (Lipinski definition) is 7. The third-order valence-corrected chi connectivity index (χ3v) is 5.22. The highest BCUT2D eigenvalue weighted by Gasteiger charge is 2.29. The van der Waals surface area contributed by atoms with Crippen LogP contribution >= 0.6 is 0 Å². The number of carboxylic acids is 4. The first-order chi connectivity index (χ1) is 20.6. The number of rotatable bonds is 15. The Morgan fingerprint density at radius 2 is 1.39 bits per heavy atom. The molecule has 2 rings (SSSR count). The Morgan fingerprint density at radius 3 is 1.82 bits per heavy atom. The van der Waals surface area contributed by atoms with Gasteiger partial charge in [0, 0.05) is 67.3 Å². The molecule has 44 heavy (non-hydrogen) atoms. The van der Waals surface area contributed by atoms with Gasteiger partial charge in [0.15, 0.2) is 0 Å². The van der Waals surface area contributed by atoms with E-state index >= 15 is 0 Å². The Labute approximate surface area is 250 Å². The van der Waals surface area contributed by atoms with Crippen LogP contribution in [-0.2, 0) is 36.6 Å². The molecule has 7 N–H and O–H groups in total. The van der Waals surface area contributed by atoms with Gasteiger partial charge >= 0.3 is 30.1 Å². The summed E-state index contributed by atoms with van der Waals surface area (Å²) in [5.74, 6) is -5.20. The molecule has 0 spiro atoms. The van der Waals surface area contributed by atoms with Crippen LogP contribution in [0.15, 0.2) is 61.1 Å². The number of carbonyl (C=O) groups is 5. The number of amides is 1. The minimum absolute atomic E-state index is 0.175. The number of carbonyl (C=O) groups excluding carboxylic acids is 1. The van der Waals surface area contributed by atoms with Crippen LogP contribution in [0.25, 0.3) is 0 Å². The summed E-state index contributed by atoms with van der Waals surface area (Å²) >= 11 is 0. The smallest absolute Gasteiger partial charge is 0.416 e. The molecule has 0 fully saturated rings. The monoisotopic (exact) mass is 628 g/mol. The minimum Gasteiger partial charge on any atom is -0.478 e. The van der Waals surface area contributed by atoms with Gasteiger partial charge in [-0.25, -0.2) is 24.2 Å². The lowest BCUT2D eigenvalue weighted by Crippen LogP contribution is -2.28. The van der Waals surface area contributed by atoms with Crippen molar-refractivity contribution in [2.75, 3.05) is 11.9 Å². The van der Waals surface area contributed by atoms with Crippen LogP contribution < -0.4 is 10.6 Å². The Balaban J connectivity index is 0.000000947. The van der Waals surface area contributed by atoms with Crippen LogP contribution in [0.1, 0.15) is 50.3 Å². The Kier molecular flexibility index (Phi) is 19.2.